The SMILES string of the molecule is CC1CC(NC(=O)CC(N)=O)C1. The molecule has 4 heteroatoms. The quantitative estimate of drug-likeness (QED) is 0.574. The monoisotopic (exact) mass is 170 g/mol. The molecule has 1 saturated carbocycles. The number of rotatable bonds is 3. The van der Waals surface area contributed by atoms with Crippen molar-refractivity contribution in [2.45, 2.75) is 32.2 Å². The van der Waals surface area contributed by atoms with Crippen LogP contribution in [0.1, 0.15) is 26.2 Å². The van der Waals surface area contributed by atoms with Gasteiger partial charge >= 0.3 is 0 Å². The highest BCUT2D eigenvalue weighted by molar-refractivity contribution is 5.96. The third-order valence-corrected chi connectivity index (χ3v) is 2.07. The molecule has 3 N–H and O–H groups in total. The lowest BCUT2D eigenvalue weighted by atomic mass is 9.82. The molecule has 1 aliphatic rings. The Hall–Kier alpha value is -1.06. The molecule has 1 fully saturated rings. The minimum atomic E-state index is -0.570. The van der Waals surface area contributed by atoms with E-state index in [1.807, 2.05) is 0 Å². The van der Waals surface area contributed by atoms with Crippen molar-refractivity contribution in [2.24, 2.45) is 11.7 Å². The maximum absolute atomic E-state index is 11.0. The summed E-state index contributed by atoms with van der Waals surface area (Å²) in [5.74, 6) is -0.122. The first-order chi connectivity index (χ1) is 5.58. The average molecular weight is 170 g/mol. The Morgan fingerprint density at radius 1 is 1.50 bits per heavy atom. The molecule has 0 atom stereocenters. The number of carbonyl (C=O) groups is 2. The van der Waals surface area contributed by atoms with E-state index in [0.717, 1.165) is 12.8 Å². The van der Waals surface area contributed by atoms with Gasteiger partial charge in [-0.15, -0.1) is 0 Å². The summed E-state index contributed by atoms with van der Waals surface area (Å²) < 4.78 is 0. The van der Waals surface area contributed by atoms with Gasteiger partial charge in [-0.25, -0.2) is 0 Å². The van der Waals surface area contributed by atoms with Gasteiger partial charge in [0.25, 0.3) is 0 Å². The van der Waals surface area contributed by atoms with Crippen molar-refractivity contribution in [3.8, 4) is 0 Å². The molecule has 0 bridgehead atoms. The van der Waals surface area contributed by atoms with Gasteiger partial charge in [0.05, 0.1) is 0 Å². The number of hydrogen-bond acceptors (Lipinski definition) is 2. The smallest absolute Gasteiger partial charge is 0.229 e. The highest BCUT2D eigenvalue weighted by Crippen LogP contribution is 2.26. The van der Waals surface area contributed by atoms with Crippen LogP contribution in [0, 0.1) is 5.92 Å². The summed E-state index contributed by atoms with van der Waals surface area (Å²) >= 11 is 0. The zero-order chi connectivity index (χ0) is 9.14. The fourth-order valence-corrected chi connectivity index (χ4v) is 1.46. The van der Waals surface area contributed by atoms with Crippen molar-refractivity contribution in [2.75, 3.05) is 0 Å². The Morgan fingerprint density at radius 2 is 2.08 bits per heavy atom. The molecule has 0 spiro atoms. The molecule has 0 radical (unpaired) electrons. The van der Waals surface area contributed by atoms with E-state index in [1.165, 1.54) is 0 Å². The minimum absolute atomic E-state index is 0.190. The van der Waals surface area contributed by atoms with Crippen LogP contribution in [-0.2, 0) is 9.59 Å². The number of nitrogens with two attached hydrogens (primary N) is 1. The summed E-state index contributed by atoms with van der Waals surface area (Å²) in [6.07, 6.45) is 1.85. The number of nitrogens with one attached hydrogen (secondary N) is 1. The Bertz CT molecular complexity index is 197. The van der Waals surface area contributed by atoms with Crippen molar-refractivity contribution in [3.05, 3.63) is 0 Å². The molecule has 0 saturated heterocycles. The summed E-state index contributed by atoms with van der Waals surface area (Å²) in [4.78, 5) is 21.3. The van der Waals surface area contributed by atoms with E-state index < -0.39 is 5.91 Å². The van der Waals surface area contributed by atoms with Gasteiger partial charge in [0.1, 0.15) is 6.42 Å². The molecule has 2 amide bonds. The molecule has 4 nitrogen and oxygen atoms in total. The fourth-order valence-electron chi connectivity index (χ4n) is 1.46. The van der Waals surface area contributed by atoms with E-state index in [4.69, 9.17) is 5.73 Å². The van der Waals surface area contributed by atoms with Crippen LogP contribution in [0.4, 0.5) is 0 Å². The van der Waals surface area contributed by atoms with Crippen LogP contribution in [0.5, 0.6) is 0 Å². The Morgan fingerprint density at radius 3 is 2.50 bits per heavy atom. The van der Waals surface area contributed by atoms with Gasteiger partial charge in [-0.3, -0.25) is 9.59 Å². The highest BCUT2D eigenvalue weighted by Gasteiger charge is 2.26. The number of hydrogen-bond donors (Lipinski definition) is 2. The molecule has 0 aliphatic heterocycles. The van der Waals surface area contributed by atoms with Crippen LogP contribution < -0.4 is 11.1 Å². The Labute approximate surface area is 71.5 Å². The van der Waals surface area contributed by atoms with Crippen molar-refractivity contribution < 1.29 is 9.59 Å². The van der Waals surface area contributed by atoms with E-state index in [9.17, 15) is 9.59 Å². The van der Waals surface area contributed by atoms with Crippen LogP contribution in [0.25, 0.3) is 0 Å². The van der Waals surface area contributed by atoms with Gasteiger partial charge < -0.3 is 11.1 Å². The number of primary amides is 1. The molecule has 0 aromatic carbocycles. The second-order valence-corrected chi connectivity index (χ2v) is 3.48. The van der Waals surface area contributed by atoms with E-state index in [1.54, 1.807) is 0 Å². The van der Waals surface area contributed by atoms with Crippen molar-refractivity contribution in [1.82, 2.24) is 5.32 Å². The zero-order valence-corrected chi connectivity index (χ0v) is 7.17. The molecular weight excluding hydrogens is 156 g/mol. The number of carbonyl (C=O) groups excluding carboxylic acids is 2. The summed E-state index contributed by atoms with van der Waals surface area (Å²) in [6.45, 7) is 2.14. The van der Waals surface area contributed by atoms with Crippen molar-refractivity contribution in [1.29, 1.82) is 0 Å². The van der Waals surface area contributed by atoms with E-state index in [-0.39, 0.29) is 18.4 Å². The van der Waals surface area contributed by atoms with Gasteiger partial charge in [0.15, 0.2) is 0 Å². The Balaban J connectivity index is 2.15. The van der Waals surface area contributed by atoms with Gasteiger partial charge in [-0.1, -0.05) is 6.92 Å². The maximum Gasteiger partial charge on any atom is 0.229 e. The van der Waals surface area contributed by atoms with E-state index in [0.29, 0.717) is 5.92 Å². The third-order valence-electron chi connectivity index (χ3n) is 2.07. The predicted octanol–water partition coefficient (Wildman–Crippen LogP) is -0.224. The topological polar surface area (TPSA) is 72.2 Å². The molecule has 0 unspecified atom stereocenters. The summed E-state index contributed by atoms with van der Waals surface area (Å²) in [7, 11) is 0. The van der Waals surface area contributed by atoms with Gasteiger partial charge in [-0.05, 0) is 18.8 Å². The van der Waals surface area contributed by atoms with Crippen LogP contribution in [0.2, 0.25) is 0 Å². The fraction of sp³-hybridized carbons (Fsp3) is 0.750. The lowest BCUT2D eigenvalue weighted by Crippen LogP contribution is -2.44. The molecule has 0 aromatic heterocycles. The summed E-state index contributed by atoms with van der Waals surface area (Å²) in [5, 5.41) is 2.74. The van der Waals surface area contributed by atoms with E-state index >= 15 is 0 Å². The van der Waals surface area contributed by atoms with Crippen LogP contribution in [-0.4, -0.2) is 17.9 Å². The first kappa shape index (κ1) is 9.03. The summed E-state index contributed by atoms with van der Waals surface area (Å²) in [5.41, 5.74) is 4.86. The van der Waals surface area contributed by atoms with Gasteiger partial charge in [0, 0.05) is 6.04 Å². The molecule has 1 rings (SSSR count). The largest absolute Gasteiger partial charge is 0.369 e. The van der Waals surface area contributed by atoms with Crippen molar-refractivity contribution in [3.63, 3.8) is 0 Å². The first-order valence-electron chi connectivity index (χ1n) is 4.15. The van der Waals surface area contributed by atoms with Crippen molar-refractivity contribution >= 4 is 11.8 Å². The molecule has 0 aromatic rings. The highest BCUT2D eigenvalue weighted by atomic mass is 16.2. The number of amides is 2. The first-order valence-corrected chi connectivity index (χ1v) is 4.15. The van der Waals surface area contributed by atoms with Crippen LogP contribution in [0.15, 0.2) is 0 Å². The molecule has 68 valence electrons. The predicted molar refractivity (Wildman–Crippen MR) is 44.1 cm³/mol. The molecular formula is C8H14N2O2. The maximum atomic E-state index is 11.0. The molecule has 1 aliphatic carbocycles. The normalized spacial score (nSPS) is 27.4. The lowest BCUT2D eigenvalue weighted by Gasteiger charge is -2.33. The second kappa shape index (κ2) is 3.56. The van der Waals surface area contributed by atoms with Gasteiger partial charge in [0.2, 0.25) is 11.8 Å². The summed E-state index contributed by atoms with van der Waals surface area (Å²) in [6, 6.07) is 0.270. The molecule has 0 heterocycles. The minimum Gasteiger partial charge on any atom is -0.369 e. The third kappa shape index (κ3) is 2.53. The van der Waals surface area contributed by atoms with E-state index in [2.05, 4.69) is 12.2 Å². The lowest BCUT2D eigenvalue weighted by molar-refractivity contribution is -0.128. The average Bonchev–Trinajstić information content (AvgIpc) is 1.82. The zero-order valence-electron chi connectivity index (χ0n) is 7.17. The second-order valence-electron chi connectivity index (χ2n) is 3.48. The molecule has 12 heavy (non-hydrogen) atoms. The standard InChI is InChI=1S/C8H14N2O2/c1-5-2-6(3-5)10-8(12)4-7(9)11/h5-6H,2-4H2,1H3,(H2,9,11)(H,10,12). The van der Waals surface area contributed by atoms with Crippen LogP contribution >= 0.6 is 0 Å². The Kier molecular flexibility index (Phi) is 2.68. The van der Waals surface area contributed by atoms with Crippen LogP contribution in [0.3, 0.4) is 0 Å². The van der Waals surface area contributed by atoms with Gasteiger partial charge in [-0.2, -0.15) is 0 Å².